The molecule has 3 heterocycles. The minimum Gasteiger partial charge on any atom is -0.394 e. The number of aliphatic hydroxyl groups is 7. The average molecular weight is 435 g/mol. The lowest BCUT2D eigenvalue weighted by Crippen LogP contribution is -2.61. The topological polar surface area (TPSA) is 230 Å². The van der Waals surface area contributed by atoms with Crippen molar-refractivity contribution in [3.05, 3.63) is 22.7 Å². The van der Waals surface area contributed by atoms with Gasteiger partial charge in [0.1, 0.15) is 54.6 Å². The Morgan fingerprint density at radius 1 is 0.967 bits per heavy atom. The monoisotopic (exact) mass is 435 g/mol. The summed E-state index contributed by atoms with van der Waals surface area (Å²) in [5.74, 6) is -0.0652. The van der Waals surface area contributed by atoms with E-state index in [0.717, 1.165) is 4.57 Å². The summed E-state index contributed by atoms with van der Waals surface area (Å²) < 4.78 is 16.9. The van der Waals surface area contributed by atoms with Gasteiger partial charge in [0.2, 0.25) is 0 Å². The van der Waals surface area contributed by atoms with Crippen molar-refractivity contribution >= 4 is 5.82 Å². The molecule has 0 aliphatic carbocycles. The molecule has 10 atom stereocenters. The maximum Gasteiger partial charge on any atom is 0.351 e. The van der Waals surface area contributed by atoms with E-state index >= 15 is 0 Å². The maximum atomic E-state index is 12.0. The first-order valence-electron chi connectivity index (χ1n) is 9.12. The van der Waals surface area contributed by atoms with Gasteiger partial charge >= 0.3 is 5.69 Å². The number of hydrogen-bond acceptors (Lipinski definition) is 13. The normalized spacial score (nSPS) is 42.2. The number of nitrogen functional groups attached to an aromatic ring is 1. The van der Waals surface area contributed by atoms with Crippen molar-refractivity contribution in [2.24, 2.45) is 0 Å². The summed E-state index contributed by atoms with van der Waals surface area (Å²) in [6.45, 7) is -1.17. The highest BCUT2D eigenvalue weighted by Gasteiger charge is 2.47. The lowest BCUT2D eigenvalue weighted by atomic mass is 9.97. The van der Waals surface area contributed by atoms with Crippen LogP contribution in [0.1, 0.15) is 6.23 Å². The van der Waals surface area contributed by atoms with Gasteiger partial charge in [-0.25, -0.2) is 4.79 Å². The van der Waals surface area contributed by atoms with Gasteiger partial charge < -0.3 is 55.7 Å². The van der Waals surface area contributed by atoms with Gasteiger partial charge in [-0.2, -0.15) is 4.98 Å². The number of nitrogens with zero attached hydrogens (tertiary/aromatic N) is 2. The second-order valence-corrected chi connectivity index (χ2v) is 7.11. The first-order valence-corrected chi connectivity index (χ1v) is 9.12. The molecule has 3 rings (SSSR count). The van der Waals surface area contributed by atoms with Crippen LogP contribution >= 0.6 is 0 Å². The summed E-state index contributed by atoms with van der Waals surface area (Å²) in [5, 5.41) is 69.4. The number of aliphatic hydroxyl groups excluding tert-OH is 7. The second kappa shape index (κ2) is 9.19. The Morgan fingerprint density at radius 2 is 1.60 bits per heavy atom. The maximum absolute atomic E-state index is 12.0. The number of anilines is 1. The Morgan fingerprint density at radius 3 is 2.23 bits per heavy atom. The van der Waals surface area contributed by atoms with Gasteiger partial charge in [0.25, 0.3) is 0 Å². The van der Waals surface area contributed by atoms with Gasteiger partial charge in [-0.15, -0.1) is 0 Å². The van der Waals surface area contributed by atoms with Crippen molar-refractivity contribution in [3.8, 4) is 0 Å². The summed E-state index contributed by atoms with van der Waals surface area (Å²) in [7, 11) is 0. The Bertz CT molecular complexity index is 777. The largest absolute Gasteiger partial charge is 0.394 e. The van der Waals surface area contributed by atoms with Gasteiger partial charge in [0.15, 0.2) is 12.5 Å². The van der Waals surface area contributed by atoms with Crippen LogP contribution in [0.2, 0.25) is 0 Å². The summed E-state index contributed by atoms with van der Waals surface area (Å²) in [4.78, 5) is 15.5. The number of aromatic nitrogens is 2. The van der Waals surface area contributed by atoms with E-state index in [9.17, 15) is 40.5 Å². The van der Waals surface area contributed by atoms with E-state index in [1.807, 2.05) is 0 Å². The van der Waals surface area contributed by atoms with E-state index in [1.54, 1.807) is 0 Å². The minimum absolute atomic E-state index is 0.0652. The third kappa shape index (κ3) is 4.33. The fraction of sp³-hybridized carbons (Fsp3) is 0.750. The van der Waals surface area contributed by atoms with Crippen LogP contribution in [0.25, 0.3) is 0 Å². The Hall–Kier alpha value is -1.72. The van der Waals surface area contributed by atoms with Crippen molar-refractivity contribution in [1.82, 2.24) is 9.55 Å². The molecule has 9 N–H and O–H groups in total. The SMILES string of the molecule is Nc1ccn([C@@H]2O[C@H](CO[C@@H]3O[C@H](CO)[C@@H](O)[C@H](O)[C@H]3O)[C@@H](O)[C@H](O)[C@H]2O)c(=O)n1. The molecular formula is C16H25N3O11. The van der Waals surface area contributed by atoms with E-state index in [4.69, 9.17) is 19.9 Å². The predicted molar refractivity (Wildman–Crippen MR) is 94.6 cm³/mol. The van der Waals surface area contributed by atoms with Crippen molar-refractivity contribution in [3.63, 3.8) is 0 Å². The van der Waals surface area contributed by atoms with Crippen molar-refractivity contribution in [2.75, 3.05) is 18.9 Å². The molecule has 2 fully saturated rings. The molecule has 0 amide bonds. The minimum atomic E-state index is -1.73. The molecule has 14 nitrogen and oxygen atoms in total. The quantitative estimate of drug-likeness (QED) is 0.216. The third-order valence-corrected chi connectivity index (χ3v) is 5.09. The highest BCUT2D eigenvalue weighted by molar-refractivity contribution is 5.23. The molecule has 14 heteroatoms. The van der Waals surface area contributed by atoms with E-state index in [2.05, 4.69) is 4.98 Å². The van der Waals surface area contributed by atoms with Gasteiger partial charge in [0, 0.05) is 6.20 Å². The molecule has 0 unspecified atom stereocenters. The average Bonchev–Trinajstić information content (AvgIpc) is 2.71. The first-order chi connectivity index (χ1) is 14.1. The lowest BCUT2D eigenvalue weighted by Gasteiger charge is -2.43. The summed E-state index contributed by atoms with van der Waals surface area (Å²) in [5.41, 5.74) is 4.56. The van der Waals surface area contributed by atoms with Crippen LogP contribution < -0.4 is 11.4 Å². The van der Waals surface area contributed by atoms with Crippen molar-refractivity contribution in [2.45, 2.75) is 61.3 Å². The molecule has 170 valence electrons. The zero-order valence-electron chi connectivity index (χ0n) is 15.6. The number of ether oxygens (including phenoxy) is 3. The third-order valence-electron chi connectivity index (χ3n) is 5.09. The molecule has 0 saturated carbocycles. The molecule has 2 aliphatic heterocycles. The number of hydrogen-bond donors (Lipinski definition) is 8. The first kappa shape index (κ1) is 23.0. The van der Waals surface area contributed by atoms with Gasteiger partial charge in [-0.1, -0.05) is 0 Å². The molecule has 0 bridgehead atoms. The van der Waals surface area contributed by atoms with Gasteiger partial charge in [0.05, 0.1) is 13.2 Å². The van der Waals surface area contributed by atoms with Crippen LogP contribution in [0.4, 0.5) is 5.82 Å². The smallest absolute Gasteiger partial charge is 0.351 e. The molecule has 0 radical (unpaired) electrons. The Labute approximate surface area is 169 Å². The number of rotatable bonds is 5. The van der Waals surface area contributed by atoms with Gasteiger partial charge in [-0.05, 0) is 6.07 Å². The fourth-order valence-electron chi connectivity index (χ4n) is 3.31. The summed E-state index contributed by atoms with van der Waals surface area (Å²) in [6.07, 6.45) is -14.2. The molecule has 1 aromatic rings. The van der Waals surface area contributed by atoms with Crippen LogP contribution in [0.5, 0.6) is 0 Å². The summed E-state index contributed by atoms with van der Waals surface area (Å²) >= 11 is 0. The molecule has 0 aromatic carbocycles. The second-order valence-electron chi connectivity index (χ2n) is 7.11. The predicted octanol–water partition coefficient (Wildman–Crippen LogP) is -5.38. The zero-order chi connectivity index (χ0) is 22.2. The van der Waals surface area contributed by atoms with E-state index in [1.165, 1.54) is 12.3 Å². The van der Waals surface area contributed by atoms with Gasteiger partial charge in [-0.3, -0.25) is 4.57 Å². The van der Waals surface area contributed by atoms with Crippen LogP contribution in [-0.4, -0.2) is 114 Å². The van der Waals surface area contributed by atoms with Crippen molar-refractivity contribution < 1.29 is 50.0 Å². The van der Waals surface area contributed by atoms with Crippen molar-refractivity contribution in [1.29, 1.82) is 0 Å². The van der Waals surface area contributed by atoms with E-state index in [0.29, 0.717) is 0 Å². The van der Waals surface area contributed by atoms with Crippen LogP contribution in [0.3, 0.4) is 0 Å². The number of nitrogens with two attached hydrogens (primary N) is 1. The van der Waals surface area contributed by atoms with E-state index in [-0.39, 0.29) is 5.82 Å². The highest BCUT2D eigenvalue weighted by atomic mass is 16.7. The molecule has 30 heavy (non-hydrogen) atoms. The van der Waals surface area contributed by atoms with Crippen LogP contribution in [0, 0.1) is 0 Å². The Balaban J connectivity index is 1.72. The molecule has 2 aliphatic rings. The standard InChI is InChI=1S/C16H25N3O11/c17-7-1-2-19(16(27)18-7)14-12(25)10(23)9(22)6(29-14)4-28-15-13(26)11(24)8(21)5(3-20)30-15/h1-2,5-6,8-15,20-26H,3-4H2,(H2,17,18,27)/t5-,6-,8-,9-,10+,11+,12-,13-,14-,15-/m1/s1. The van der Waals surface area contributed by atoms with E-state index < -0.39 is 80.3 Å². The molecule has 2 saturated heterocycles. The highest BCUT2D eigenvalue weighted by Crippen LogP contribution is 2.29. The Kier molecular flexibility index (Phi) is 7.03. The molecule has 0 spiro atoms. The summed E-state index contributed by atoms with van der Waals surface area (Å²) in [6, 6.07) is 1.27. The molecule has 1 aromatic heterocycles. The lowest BCUT2D eigenvalue weighted by molar-refractivity contribution is -0.317. The fourth-order valence-corrected chi connectivity index (χ4v) is 3.31. The molecular weight excluding hydrogens is 410 g/mol. The van der Waals surface area contributed by atoms with Crippen LogP contribution in [0.15, 0.2) is 17.1 Å². The zero-order valence-corrected chi connectivity index (χ0v) is 15.6. The van der Waals surface area contributed by atoms with Crippen LogP contribution in [-0.2, 0) is 14.2 Å².